The summed E-state index contributed by atoms with van der Waals surface area (Å²) in [6.45, 7) is 5.23. The van der Waals surface area contributed by atoms with Gasteiger partial charge in [-0.25, -0.2) is 4.39 Å². The Balaban J connectivity index is 1.52. The average molecular weight is 452 g/mol. The predicted octanol–water partition coefficient (Wildman–Crippen LogP) is 6.21. The monoisotopic (exact) mass is 451 g/mol. The van der Waals surface area contributed by atoms with Crippen LogP contribution in [0.1, 0.15) is 29.8 Å². The van der Waals surface area contributed by atoms with Crippen LogP contribution in [0.3, 0.4) is 0 Å². The smallest absolute Gasteiger partial charge is 0.251 e. The van der Waals surface area contributed by atoms with Gasteiger partial charge < -0.3 is 10.1 Å². The molecule has 0 saturated carbocycles. The number of hydrogen-bond acceptors (Lipinski definition) is 3. The molecular weight excluding hydrogens is 429 g/mol. The molecule has 32 heavy (non-hydrogen) atoms. The minimum absolute atomic E-state index is 0.104. The van der Waals surface area contributed by atoms with E-state index in [0.717, 1.165) is 17.4 Å². The van der Waals surface area contributed by atoms with Crippen molar-refractivity contribution in [3.05, 3.63) is 88.8 Å². The van der Waals surface area contributed by atoms with Crippen LogP contribution in [-0.4, -0.2) is 15.7 Å². The summed E-state index contributed by atoms with van der Waals surface area (Å²) < 4.78 is 21.9. The van der Waals surface area contributed by atoms with Crippen LogP contribution in [0.25, 0.3) is 10.9 Å². The lowest BCUT2D eigenvalue weighted by atomic mass is 10.1. The second-order valence-corrected chi connectivity index (χ2v) is 8.42. The molecule has 0 saturated heterocycles. The van der Waals surface area contributed by atoms with Gasteiger partial charge in [-0.05, 0) is 60.5 Å². The van der Waals surface area contributed by atoms with Gasteiger partial charge >= 0.3 is 0 Å². The number of fused-ring (bicyclic) bond motifs is 1. The molecule has 0 fully saturated rings. The largest absolute Gasteiger partial charge is 0.457 e. The molecule has 1 N–H and O–H groups in total. The van der Waals surface area contributed by atoms with E-state index in [1.165, 1.54) is 12.1 Å². The predicted molar refractivity (Wildman–Crippen MR) is 124 cm³/mol. The minimum Gasteiger partial charge on any atom is -0.457 e. The summed E-state index contributed by atoms with van der Waals surface area (Å²) in [5, 5.41) is 8.67. The van der Waals surface area contributed by atoms with Gasteiger partial charge in [0.2, 0.25) is 0 Å². The quantitative estimate of drug-likeness (QED) is 0.363. The van der Waals surface area contributed by atoms with Gasteiger partial charge in [0.1, 0.15) is 17.3 Å². The average Bonchev–Trinajstić information content (AvgIpc) is 3.15. The zero-order chi connectivity index (χ0) is 22.7. The second kappa shape index (κ2) is 9.40. The summed E-state index contributed by atoms with van der Waals surface area (Å²) in [6, 6.07) is 16.6. The number of carbonyl (C=O) groups is 1. The highest BCUT2D eigenvalue weighted by Gasteiger charge is 2.12. The van der Waals surface area contributed by atoms with Gasteiger partial charge in [-0.2, -0.15) is 5.10 Å². The van der Waals surface area contributed by atoms with E-state index in [9.17, 15) is 9.18 Å². The Morgan fingerprint density at radius 1 is 1.16 bits per heavy atom. The number of halogens is 2. The molecule has 5 nitrogen and oxygen atoms in total. The molecule has 7 heteroatoms. The van der Waals surface area contributed by atoms with Crippen LogP contribution in [0.4, 0.5) is 4.39 Å². The van der Waals surface area contributed by atoms with Crippen molar-refractivity contribution in [1.82, 2.24) is 15.1 Å². The lowest BCUT2D eigenvalue weighted by molar-refractivity contribution is 0.0950. The number of carbonyl (C=O) groups excluding carboxylic acids is 1. The van der Waals surface area contributed by atoms with Crippen molar-refractivity contribution >= 4 is 28.4 Å². The van der Waals surface area contributed by atoms with Crippen molar-refractivity contribution in [2.75, 3.05) is 0 Å². The molecule has 0 aliphatic heterocycles. The van der Waals surface area contributed by atoms with Gasteiger partial charge in [-0.3, -0.25) is 9.48 Å². The van der Waals surface area contributed by atoms with E-state index in [4.69, 9.17) is 16.3 Å². The molecule has 0 radical (unpaired) electrons. The Morgan fingerprint density at radius 2 is 2.00 bits per heavy atom. The van der Waals surface area contributed by atoms with E-state index in [0.29, 0.717) is 33.6 Å². The molecule has 0 atom stereocenters. The fourth-order valence-corrected chi connectivity index (χ4v) is 3.63. The Kier molecular flexibility index (Phi) is 6.42. The normalized spacial score (nSPS) is 11.2. The zero-order valence-corrected chi connectivity index (χ0v) is 18.6. The van der Waals surface area contributed by atoms with E-state index < -0.39 is 5.82 Å². The second-order valence-electron chi connectivity index (χ2n) is 7.99. The number of aromatic nitrogens is 2. The van der Waals surface area contributed by atoms with Crippen molar-refractivity contribution in [1.29, 1.82) is 0 Å². The Labute approximate surface area is 190 Å². The summed E-state index contributed by atoms with van der Waals surface area (Å²) in [5.74, 6) is 0.844. The van der Waals surface area contributed by atoms with Crippen molar-refractivity contribution in [3.8, 4) is 11.5 Å². The third-order valence-corrected chi connectivity index (χ3v) is 5.16. The van der Waals surface area contributed by atoms with Gasteiger partial charge in [-0.15, -0.1) is 0 Å². The molecule has 0 aliphatic carbocycles. The maximum atomic E-state index is 13.9. The van der Waals surface area contributed by atoms with Crippen molar-refractivity contribution in [2.24, 2.45) is 5.92 Å². The van der Waals surface area contributed by atoms with Crippen LogP contribution in [0, 0.1) is 11.7 Å². The first kappa shape index (κ1) is 21.8. The summed E-state index contributed by atoms with van der Waals surface area (Å²) in [4.78, 5) is 12.4. The Morgan fingerprint density at radius 3 is 2.78 bits per heavy atom. The van der Waals surface area contributed by atoms with E-state index >= 15 is 0 Å². The maximum absolute atomic E-state index is 13.9. The highest BCUT2D eigenvalue weighted by atomic mass is 35.5. The van der Waals surface area contributed by atoms with Gasteiger partial charge in [0.25, 0.3) is 5.91 Å². The molecule has 1 heterocycles. The highest BCUT2D eigenvalue weighted by Crippen LogP contribution is 2.29. The molecule has 164 valence electrons. The van der Waals surface area contributed by atoms with Crippen LogP contribution in [0.15, 0.2) is 66.9 Å². The number of nitrogens with one attached hydrogen (secondary N) is 1. The van der Waals surface area contributed by atoms with E-state index in [1.807, 2.05) is 22.9 Å². The SMILES string of the molecule is CC(C)Cn1ncc2cc(Oc3ccc(F)cc3CNC(=O)c3cccc(Cl)c3)ccc21. The molecular formula is C25H23ClFN3O2. The lowest BCUT2D eigenvalue weighted by Crippen LogP contribution is -2.23. The Hall–Kier alpha value is -3.38. The highest BCUT2D eigenvalue weighted by molar-refractivity contribution is 6.30. The third-order valence-electron chi connectivity index (χ3n) is 4.93. The van der Waals surface area contributed by atoms with E-state index in [2.05, 4.69) is 24.3 Å². The summed E-state index contributed by atoms with van der Waals surface area (Å²) in [6.07, 6.45) is 1.81. The van der Waals surface area contributed by atoms with Gasteiger partial charge in [0.05, 0.1) is 11.7 Å². The van der Waals surface area contributed by atoms with Crippen LogP contribution in [-0.2, 0) is 13.1 Å². The Bertz CT molecular complexity index is 1270. The molecule has 3 aromatic carbocycles. The number of rotatable bonds is 7. The molecule has 1 amide bonds. The summed E-state index contributed by atoms with van der Waals surface area (Å²) in [7, 11) is 0. The van der Waals surface area contributed by atoms with E-state index in [1.54, 1.807) is 36.5 Å². The molecule has 0 bridgehead atoms. The topological polar surface area (TPSA) is 56.1 Å². The van der Waals surface area contributed by atoms with E-state index in [-0.39, 0.29) is 12.5 Å². The number of ether oxygens (including phenoxy) is 1. The minimum atomic E-state index is -0.408. The molecule has 0 unspecified atom stereocenters. The summed E-state index contributed by atoms with van der Waals surface area (Å²) in [5.41, 5.74) is 1.98. The third kappa shape index (κ3) is 5.08. The number of nitrogens with zero attached hydrogens (tertiary/aromatic N) is 2. The zero-order valence-electron chi connectivity index (χ0n) is 17.8. The van der Waals surface area contributed by atoms with Crippen LogP contribution >= 0.6 is 11.6 Å². The van der Waals surface area contributed by atoms with Crippen molar-refractivity contribution < 1.29 is 13.9 Å². The van der Waals surface area contributed by atoms with Crippen molar-refractivity contribution in [2.45, 2.75) is 26.9 Å². The van der Waals surface area contributed by atoms with Gasteiger partial charge in [0.15, 0.2) is 0 Å². The molecule has 0 aliphatic rings. The molecule has 0 spiro atoms. The lowest BCUT2D eigenvalue weighted by Gasteiger charge is -2.13. The first-order chi connectivity index (χ1) is 15.4. The molecule has 4 aromatic rings. The van der Waals surface area contributed by atoms with Gasteiger partial charge in [0, 0.05) is 34.6 Å². The maximum Gasteiger partial charge on any atom is 0.251 e. The summed E-state index contributed by atoms with van der Waals surface area (Å²) >= 11 is 5.95. The standard InChI is InChI=1S/C25H23ClFN3O2/c1-16(2)15-30-23-8-7-22(12-18(23)14-29-30)32-24-9-6-21(27)11-19(24)13-28-25(31)17-4-3-5-20(26)10-17/h3-12,14,16H,13,15H2,1-2H3,(H,28,31). The van der Waals surface area contributed by atoms with Crippen molar-refractivity contribution in [3.63, 3.8) is 0 Å². The fraction of sp³-hybridized carbons (Fsp3) is 0.200. The molecule has 4 rings (SSSR count). The fourth-order valence-electron chi connectivity index (χ4n) is 3.44. The number of amides is 1. The van der Waals surface area contributed by atoms with Gasteiger partial charge in [-0.1, -0.05) is 31.5 Å². The first-order valence-corrected chi connectivity index (χ1v) is 10.7. The molecule has 1 aromatic heterocycles. The first-order valence-electron chi connectivity index (χ1n) is 10.3. The number of benzene rings is 3. The number of hydrogen-bond donors (Lipinski definition) is 1. The van der Waals surface area contributed by atoms with Crippen LogP contribution < -0.4 is 10.1 Å². The van der Waals surface area contributed by atoms with Crippen LogP contribution in [0.2, 0.25) is 5.02 Å². The van der Waals surface area contributed by atoms with Crippen LogP contribution in [0.5, 0.6) is 11.5 Å².